The third kappa shape index (κ3) is 4.50. The molecule has 178 valence electrons. The molecule has 2 aromatic heterocycles. The predicted octanol–water partition coefficient (Wildman–Crippen LogP) is 4.10. The maximum Gasteiger partial charge on any atom is 0.355 e. The van der Waals surface area contributed by atoms with Crippen molar-refractivity contribution in [2.24, 2.45) is 0 Å². The minimum absolute atomic E-state index is 0.116. The van der Waals surface area contributed by atoms with Gasteiger partial charge < -0.3 is 4.90 Å². The van der Waals surface area contributed by atoms with Crippen molar-refractivity contribution in [1.29, 1.82) is 0 Å². The summed E-state index contributed by atoms with van der Waals surface area (Å²) in [6.07, 6.45) is 1.39. The number of nitro groups is 1. The van der Waals surface area contributed by atoms with E-state index in [1.807, 2.05) is 36.9 Å². The van der Waals surface area contributed by atoms with Crippen LogP contribution in [0.15, 0.2) is 73.1 Å². The molecule has 0 N–H and O–H groups in total. The molecule has 1 aliphatic heterocycles. The smallest absolute Gasteiger partial charge is 0.348 e. The van der Waals surface area contributed by atoms with E-state index in [2.05, 4.69) is 68.5 Å². The van der Waals surface area contributed by atoms with Gasteiger partial charge in [0, 0.05) is 31.9 Å². The Bertz CT molecular complexity index is 1280. The minimum Gasteiger partial charge on any atom is -0.348 e. The van der Waals surface area contributed by atoms with Gasteiger partial charge in [-0.2, -0.15) is 5.10 Å². The van der Waals surface area contributed by atoms with Crippen LogP contribution in [0.2, 0.25) is 0 Å². The summed E-state index contributed by atoms with van der Waals surface area (Å²) in [5, 5.41) is 16.6. The van der Waals surface area contributed by atoms with Crippen molar-refractivity contribution >= 4 is 11.5 Å². The Hall–Kier alpha value is -4.11. The van der Waals surface area contributed by atoms with Crippen LogP contribution in [-0.4, -0.2) is 55.8 Å². The topological polar surface area (TPSA) is 93.2 Å². The summed E-state index contributed by atoms with van der Waals surface area (Å²) in [7, 11) is 0. The van der Waals surface area contributed by atoms with Gasteiger partial charge in [0.25, 0.3) is 0 Å². The molecule has 3 heterocycles. The van der Waals surface area contributed by atoms with Crippen LogP contribution in [0.5, 0.6) is 0 Å². The number of aryl methyl sites for hydroxylation is 2. The highest BCUT2D eigenvalue weighted by molar-refractivity contribution is 5.65. The van der Waals surface area contributed by atoms with Gasteiger partial charge in [0.05, 0.1) is 16.7 Å². The number of hydrogen-bond acceptors (Lipinski definition) is 7. The molecule has 0 amide bonds. The SMILES string of the molecule is Cc1cc(C)n(-c2ncnc(N3CCN(C(c4ccccc4)c4ccccc4)CC3)c2[N+](=O)[O-])n1. The molecule has 0 spiro atoms. The zero-order chi connectivity index (χ0) is 24.4. The van der Waals surface area contributed by atoms with Gasteiger partial charge in [0.2, 0.25) is 11.6 Å². The molecule has 5 rings (SSSR count). The van der Waals surface area contributed by atoms with E-state index in [9.17, 15) is 10.1 Å². The second-order valence-electron chi connectivity index (χ2n) is 8.71. The zero-order valence-corrected chi connectivity index (χ0v) is 19.8. The van der Waals surface area contributed by atoms with Gasteiger partial charge in [0.1, 0.15) is 6.33 Å². The Morgan fingerprint density at radius 3 is 1.94 bits per heavy atom. The van der Waals surface area contributed by atoms with Gasteiger partial charge >= 0.3 is 5.69 Å². The summed E-state index contributed by atoms with van der Waals surface area (Å²) in [6.45, 7) is 6.43. The minimum atomic E-state index is -0.399. The van der Waals surface area contributed by atoms with Gasteiger partial charge in [-0.15, -0.1) is 0 Å². The van der Waals surface area contributed by atoms with E-state index >= 15 is 0 Å². The van der Waals surface area contributed by atoms with E-state index in [1.54, 1.807) is 0 Å². The van der Waals surface area contributed by atoms with Crippen molar-refractivity contribution in [2.45, 2.75) is 19.9 Å². The fourth-order valence-electron chi connectivity index (χ4n) is 4.83. The molecule has 2 aromatic carbocycles. The first-order valence-corrected chi connectivity index (χ1v) is 11.6. The molecule has 0 atom stereocenters. The number of hydrogen-bond donors (Lipinski definition) is 0. The van der Waals surface area contributed by atoms with E-state index in [0.29, 0.717) is 18.9 Å². The molecule has 1 fully saturated rings. The van der Waals surface area contributed by atoms with Gasteiger partial charge in [-0.1, -0.05) is 60.7 Å². The van der Waals surface area contributed by atoms with Gasteiger partial charge in [-0.3, -0.25) is 15.0 Å². The van der Waals surface area contributed by atoms with Crippen LogP contribution in [-0.2, 0) is 0 Å². The molecule has 1 saturated heterocycles. The third-order valence-electron chi connectivity index (χ3n) is 6.39. The lowest BCUT2D eigenvalue weighted by Crippen LogP contribution is -2.48. The lowest BCUT2D eigenvalue weighted by atomic mass is 9.96. The molecule has 4 aromatic rings. The summed E-state index contributed by atoms with van der Waals surface area (Å²) < 4.78 is 1.52. The summed E-state index contributed by atoms with van der Waals surface area (Å²) in [5.41, 5.74) is 3.90. The highest BCUT2D eigenvalue weighted by Gasteiger charge is 2.33. The summed E-state index contributed by atoms with van der Waals surface area (Å²) in [6, 6.07) is 22.9. The summed E-state index contributed by atoms with van der Waals surface area (Å²) >= 11 is 0. The fraction of sp³-hybridized carbons (Fsp3) is 0.269. The molecule has 0 radical (unpaired) electrons. The molecule has 1 aliphatic rings. The standard InChI is InChI=1S/C26H27N7O2/c1-19-17-20(2)32(29-19)26-24(33(34)35)25(27-18-28-26)31-15-13-30(14-16-31)23(21-9-5-3-6-10-21)22-11-7-4-8-12-22/h3-12,17-18,23H,13-16H2,1-2H3. The van der Waals surface area contributed by atoms with E-state index in [4.69, 9.17) is 0 Å². The molecule has 9 heteroatoms. The summed E-state index contributed by atoms with van der Waals surface area (Å²) in [4.78, 5) is 24.8. The average Bonchev–Trinajstić information content (AvgIpc) is 3.23. The van der Waals surface area contributed by atoms with Crippen molar-refractivity contribution in [3.05, 3.63) is 106 Å². The largest absolute Gasteiger partial charge is 0.355 e. The molecular weight excluding hydrogens is 442 g/mol. The Morgan fingerprint density at radius 2 is 1.43 bits per heavy atom. The number of anilines is 1. The van der Waals surface area contributed by atoms with Crippen molar-refractivity contribution in [1.82, 2.24) is 24.6 Å². The van der Waals surface area contributed by atoms with Crippen molar-refractivity contribution in [3.8, 4) is 5.82 Å². The van der Waals surface area contributed by atoms with E-state index in [-0.39, 0.29) is 17.5 Å². The lowest BCUT2D eigenvalue weighted by molar-refractivity contribution is -0.384. The average molecular weight is 470 g/mol. The number of nitrogens with zero attached hydrogens (tertiary/aromatic N) is 7. The highest BCUT2D eigenvalue weighted by Crippen LogP contribution is 2.34. The number of rotatable bonds is 6. The third-order valence-corrected chi connectivity index (χ3v) is 6.39. The Kier molecular flexibility index (Phi) is 6.24. The quantitative estimate of drug-likeness (QED) is 0.310. The van der Waals surface area contributed by atoms with Crippen LogP contribution >= 0.6 is 0 Å². The second-order valence-corrected chi connectivity index (χ2v) is 8.71. The molecule has 9 nitrogen and oxygen atoms in total. The number of piperazine rings is 1. The highest BCUT2D eigenvalue weighted by atomic mass is 16.6. The van der Waals surface area contributed by atoms with Crippen molar-refractivity contribution < 1.29 is 4.92 Å². The van der Waals surface area contributed by atoms with Crippen LogP contribution in [0.4, 0.5) is 11.5 Å². The molecule has 0 bridgehead atoms. The van der Waals surface area contributed by atoms with E-state index < -0.39 is 4.92 Å². The number of aromatic nitrogens is 4. The Labute approximate surface area is 203 Å². The number of benzene rings is 2. The maximum atomic E-state index is 12.2. The van der Waals surface area contributed by atoms with Crippen LogP contribution in [0.1, 0.15) is 28.6 Å². The zero-order valence-electron chi connectivity index (χ0n) is 19.8. The Morgan fingerprint density at radius 1 is 0.857 bits per heavy atom. The Balaban J connectivity index is 1.44. The molecule has 0 aliphatic carbocycles. The first-order valence-electron chi connectivity index (χ1n) is 11.6. The molecule has 0 saturated carbocycles. The lowest BCUT2D eigenvalue weighted by Gasteiger charge is -2.40. The monoisotopic (exact) mass is 469 g/mol. The van der Waals surface area contributed by atoms with Crippen LogP contribution < -0.4 is 4.90 Å². The fourth-order valence-corrected chi connectivity index (χ4v) is 4.83. The van der Waals surface area contributed by atoms with E-state index in [0.717, 1.165) is 24.5 Å². The second kappa shape index (κ2) is 9.63. The first kappa shape index (κ1) is 22.7. The van der Waals surface area contributed by atoms with E-state index in [1.165, 1.54) is 22.1 Å². The molecular formula is C26H27N7O2. The van der Waals surface area contributed by atoms with Gasteiger partial charge in [-0.05, 0) is 31.0 Å². The van der Waals surface area contributed by atoms with Gasteiger partial charge in [0.15, 0.2) is 0 Å². The maximum absolute atomic E-state index is 12.2. The summed E-state index contributed by atoms with van der Waals surface area (Å²) in [5.74, 6) is 0.530. The van der Waals surface area contributed by atoms with Gasteiger partial charge in [-0.25, -0.2) is 14.6 Å². The van der Waals surface area contributed by atoms with Crippen LogP contribution in [0.25, 0.3) is 5.82 Å². The molecule has 35 heavy (non-hydrogen) atoms. The normalized spacial score (nSPS) is 14.4. The molecule has 0 unspecified atom stereocenters. The van der Waals surface area contributed by atoms with Crippen LogP contribution in [0.3, 0.4) is 0 Å². The van der Waals surface area contributed by atoms with Crippen molar-refractivity contribution in [3.63, 3.8) is 0 Å². The predicted molar refractivity (Wildman–Crippen MR) is 134 cm³/mol. The van der Waals surface area contributed by atoms with Crippen LogP contribution in [0, 0.1) is 24.0 Å². The van der Waals surface area contributed by atoms with Crippen molar-refractivity contribution in [2.75, 3.05) is 31.1 Å². The first-order chi connectivity index (χ1) is 17.0.